The zero-order valence-corrected chi connectivity index (χ0v) is 12.2. The first-order chi connectivity index (χ1) is 8.72. The first kappa shape index (κ1) is 13.8. The normalized spacial score (nSPS) is 20.6. The maximum absolute atomic E-state index is 9.87. The van der Waals surface area contributed by atoms with E-state index in [-0.39, 0.29) is 6.10 Å². The second kappa shape index (κ2) is 6.50. The Morgan fingerprint density at radius 3 is 3.17 bits per heavy atom. The van der Waals surface area contributed by atoms with Gasteiger partial charge in [-0.1, -0.05) is 12.5 Å². The summed E-state index contributed by atoms with van der Waals surface area (Å²) in [6.07, 6.45) is 7.48. The van der Waals surface area contributed by atoms with Gasteiger partial charge in [-0.3, -0.25) is 4.68 Å². The fourth-order valence-electron chi connectivity index (χ4n) is 2.29. The second-order valence-corrected chi connectivity index (χ2v) is 5.42. The monoisotopic (exact) mass is 314 g/mol. The van der Waals surface area contributed by atoms with Crippen molar-refractivity contribution >= 4 is 21.5 Å². The van der Waals surface area contributed by atoms with Crippen LogP contribution >= 0.6 is 15.9 Å². The third-order valence-electron chi connectivity index (χ3n) is 3.20. The van der Waals surface area contributed by atoms with Gasteiger partial charge in [-0.2, -0.15) is 5.10 Å². The summed E-state index contributed by atoms with van der Waals surface area (Å²) in [4.78, 5) is 0. The van der Waals surface area contributed by atoms with Crippen LogP contribution in [0.2, 0.25) is 0 Å². The van der Waals surface area contributed by atoms with Gasteiger partial charge in [0.15, 0.2) is 0 Å². The van der Waals surface area contributed by atoms with Crippen LogP contribution in [0, 0.1) is 0 Å². The van der Waals surface area contributed by atoms with E-state index in [1.165, 1.54) is 5.57 Å². The molecule has 1 N–H and O–H groups in total. The van der Waals surface area contributed by atoms with Crippen LogP contribution in [0.5, 0.6) is 0 Å². The highest BCUT2D eigenvalue weighted by Gasteiger charge is 2.17. The van der Waals surface area contributed by atoms with E-state index in [1.807, 2.05) is 17.0 Å². The van der Waals surface area contributed by atoms with Crippen molar-refractivity contribution in [2.24, 2.45) is 0 Å². The van der Waals surface area contributed by atoms with Crippen LogP contribution in [-0.4, -0.2) is 34.7 Å². The lowest BCUT2D eigenvalue weighted by molar-refractivity contribution is 0.183. The number of rotatable bonds is 4. The summed E-state index contributed by atoms with van der Waals surface area (Å²) in [7, 11) is 1.69. The lowest BCUT2D eigenvalue weighted by Crippen LogP contribution is -2.10. The van der Waals surface area contributed by atoms with Crippen molar-refractivity contribution in [2.75, 3.05) is 13.7 Å². The van der Waals surface area contributed by atoms with Gasteiger partial charge in [-0.15, -0.1) is 0 Å². The van der Waals surface area contributed by atoms with E-state index in [0.717, 1.165) is 42.4 Å². The highest BCUT2D eigenvalue weighted by molar-refractivity contribution is 9.10. The molecule has 0 saturated heterocycles. The van der Waals surface area contributed by atoms with Crippen molar-refractivity contribution in [1.29, 1.82) is 0 Å². The highest BCUT2D eigenvalue weighted by Crippen LogP contribution is 2.31. The van der Waals surface area contributed by atoms with E-state index >= 15 is 0 Å². The Balaban J connectivity index is 2.27. The van der Waals surface area contributed by atoms with E-state index < -0.39 is 0 Å². The standard InChI is InChI=1S/C13H19BrN2O2/c1-18-7-6-16-13(12(14)9-15-16)10-4-2-3-5-11(17)8-10/h8-9,11,17H,2-7H2,1H3. The fraction of sp³-hybridized carbons (Fsp3) is 0.615. The van der Waals surface area contributed by atoms with E-state index in [1.54, 1.807) is 7.11 Å². The molecule has 1 aliphatic rings. The summed E-state index contributed by atoms with van der Waals surface area (Å²) in [5.74, 6) is 0. The Morgan fingerprint density at radius 2 is 2.39 bits per heavy atom. The number of aliphatic hydroxyl groups is 1. The van der Waals surface area contributed by atoms with Gasteiger partial charge in [0.2, 0.25) is 0 Å². The number of ether oxygens (including phenoxy) is 1. The lowest BCUT2D eigenvalue weighted by atomic mass is 10.1. The number of allylic oxidation sites excluding steroid dienone is 1. The van der Waals surface area contributed by atoms with Crippen LogP contribution in [-0.2, 0) is 11.3 Å². The molecule has 18 heavy (non-hydrogen) atoms. The highest BCUT2D eigenvalue weighted by atomic mass is 79.9. The van der Waals surface area contributed by atoms with E-state index in [4.69, 9.17) is 4.74 Å². The Labute approximate surface area is 116 Å². The SMILES string of the molecule is COCCn1ncc(Br)c1C1=CC(O)CCCC1. The van der Waals surface area contributed by atoms with Gasteiger partial charge >= 0.3 is 0 Å². The molecule has 0 saturated carbocycles. The molecule has 1 aliphatic carbocycles. The quantitative estimate of drug-likeness (QED) is 0.929. The van der Waals surface area contributed by atoms with Gasteiger partial charge in [0, 0.05) is 7.11 Å². The molecule has 0 radical (unpaired) electrons. The molecule has 1 atom stereocenters. The Morgan fingerprint density at radius 1 is 1.56 bits per heavy atom. The van der Waals surface area contributed by atoms with Crippen molar-refractivity contribution in [3.63, 3.8) is 0 Å². The molecular weight excluding hydrogens is 296 g/mol. The molecule has 1 aromatic heterocycles. The number of hydrogen-bond acceptors (Lipinski definition) is 3. The minimum atomic E-state index is -0.333. The molecule has 0 aliphatic heterocycles. The maximum Gasteiger partial charge on any atom is 0.0782 e. The van der Waals surface area contributed by atoms with Crippen molar-refractivity contribution in [1.82, 2.24) is 9.78 Å². The summed E-state index contributed by atoms with van der Waals surface area (Å²) >= 11 is 3.54. The molecule has 100 valence electrons. The van der Waals surface area contributed by atoms with E-state index in [0.29, 0.717) is 6.61 Å². The van der Waals surface area contributed by atoms with E-state index in [2.05, 4.69) is 21.0 Å². The molecule has 1 unspecified atom stereocenters. The largest absolute Gasteiger partial charge is 0.389 e. The van der Waals surface area contributed by atoms with Gasteiger partial charge in [0.1, 0.15) is 0 Å². The molecule has 0 spiro atoms. The zero-order valence-electron chi connectivity index (χ0n) is 10.6. The van der Waals surface area contributed by atoms with Crippen molar-refractivity contribution in [3.8, 4) is 0 Å². The number of halogens is 1. The molecule has 0 aromatic carbocycles. The molecule has 0 bridgehead atoms. The van der Waals surface area contributed by atoms with Crippen molar-refractivity contribution in [3.05, 3.63) is 22.4 Å². The van der Waals surface area contributed by atoms with Crippen LogP contribution in [0.3, 0.4) is 0 Å². The Hall–Kier alpha value is -0.650. The molecule has 2 rings (SSSR count). The molecule has 4 nitrogen and oxygen atoms in total. The smallest absolute Gasteiger partial charge is 0.0782 e. The van der Waals surface area contributed by atoms with Crippen LogP contribution < -0.4 is 0 Å². The third-order valence-corrected chi connectivity index (χ3v) is 3.78. The summed E-state index contributed by atoms with van der Waals surface area (Å²) in [5, 5.41) is 14.2. The van der Waals surface area contributed by atoms with Crippen LogP contribution in [0.4, 0.5) is 0 Å². The summed E-state index contributed by atoms with van der Waals surface area (Å²) in [5.41, 5.74) is 2.26. The number of nitrogens with zero attached hydrogens (tertiary/aromatic N) is 2. The summed E-state index contributed by atoms with van der Waals surface area (Å²) in [6, 6.07) is 0. The topological polar surface area (TPSA) is 47.3 Å². The molecular formula is C13H19BrN2O2. The van der Waals surface area contributed by atoms with E-state index in [9.17, 15) is 5.11 Å². The summed E-state index contributed by atoms with van der Waals surface area (Å²) < 4.78 is 8.03. The molecule has 1 heterocycles. The molecule has 1 aromatic rings. The Kier molecular flexibility index (Phi) is 4.97. The van der Waals surface area contributed by atoms with Gasteiger partial charge < -0.3 is 9.84 Å². The number of aliphatic hydroxyl groups excluding tert-OH is 1. The maximum atomic E-state index is 9.87. The minimum Gasteiger partial charge on any atom is -0.389 e. The predicted octanol–water partition coefficient (Wildman–Crippen LogP) is 2.61. The fourth-order valence-corrected chi connectivity index (χ4v) is 2.85. The first-order valence-corrected chi connectivity index (χ1v) is 7.11. The summed E-state index contributed by atoms with van der Waals surface area (Å²) in [6.45, 7) is 1.36. The van der Waals surface area contributed by atoms with Gasteiger partial charge in [-0.25, -0.2) is 0 Å². The second-order valence-electron chi connectivity index (χ2n) is 4.56. The average Bonchev–Trinajstić information content (AvgIpc) is 2.57. The minimum absolute atomic E-state index is 0.333. The average molecular weight is 315 g/mol. The number of methoxy groups -OCH3 is 1. The van der Waals surface area contributed by atoms with Gasteiger partial charge in [0.05, 0.1) is 35.6 Å². The van der Waals surface area contributed by atoms with Crippen LogP contribution in [0.1, 0.15) is 31.4 Å². The number of hydrogen-bond donors (Lipinski definition) is 1. The number of aromatic nitrogens is 2. The van der Waals surface area contributed by atoms with Crippen molar-refractivity contribution < 1.29 is 9.84 Å². The molecule has 0 fully saturated rings. The predicted molar refractivity (Wildman–Crippen MR) is 74.3 cm³/mol. The molecule has 0 amide bonds. The Bertz CT molecular complexity index is 429. The van der Waals surface area contributed by atoms with Crippen LogP contribution in [0.15, 0.2) is 16.7 Å². The lowest BCUT2D eigenvalue weighted by Gasteiger charge is -2.11. The van der Waals surface area contributed by atoms with Crippen LogP contribution in [0.25, 0.3) is 5.57 Å². The van der Waals surface area contributed by atoms with Gasteiger partial charge in [-0.05, 0) is 40.8 Å². The first-order valence-electron chi connectivity index (χ1n) is 6.31. The third kappa shape index (κ3) is 3.22. The van der Waals surface area contributed by atoms with Gasteiger partial charge in [0.25, 0.3) is 0 Å². The molecule has 5 heteroatoms. The zero-order chi connectivity index (χ0) is 13.0. The van der Waals surface area contributed by atoms with Crippen molar-refractivity contribution in [2.45, 2.75) is 38.3 Å².